The average Bonchev–Trinajstić information content (AvgIpc) is 2.83. The van der Waals surface area contributed by atoms with Crippen molar-refractivity contribution in [2.24, 2.45) is 0 Å². The second kappa shape index (κ2) is 5.10. The van der Waals surface area contributed by atoms with Crippen LogP contribution in [0.1, 0.15) is 16.1 Å². The Bertz CT molecular complexity index is 731. The molecule has 8 nitrogen and oxygen atoms in total. The van der Waals surface area contributed by atoms with Crippen LogP contribution in [0.25, 0.3) is 5.69 Å². The second-order valence-electron chi connectivity index (χ2n) is 3.64. The maximum atomic E-state index is 10.9. The molecule has 2 rings (SSSR count). The summed E-state index contributed by atoms with van der Waals surface area (Å²) in [4.78, 5) is 20.9. The quantitative estimate of drug-likeness (QED) is 0.676. The van der Waals surface area contributed by atoms with Gasteiger partial charge in [0.25, 0.3) is 0 Å². The van der Waals surface area contributed by atoms with Gasteiger partial charge in [-0.1, -0.05) is 15.9 Å². The number of nitro groups is 1. The fraction of sp³-hybridized carbons (Fsp3) is 0. The summed E-state index contributed by atoms with van der Waals surface area (Å²) in [7, 11) is 0. The van der Waals surface area contributed by atoms with Crippen molar-refractivity contribution in [1.29, 1.82) is 5.26 Å². The van der Waals surface area contributed by atoms with Crippen molar-refractivity contribution in [3.63, 3.8) is 0 Å². The van der Waals surface area contributed by atoms with Gasteiger partial charge in [0, 0.05) is 4.47 Å². The number of aromatic carboxylic acids is 1. The van der Waals surface area contributed by atoms with E-state index in [1.165, 1.54) is 12.1 Å². The van der Waals surface area contributed by atoms with Crippen molar-refractivity contribution in [2.75, 3.05) is 0 Å². The first kappa shape index (κ1) is 13.7. The van der Waals surface area contributed by atoms with Gasteiger partial charge in [-0.3, -0.25) is 10.1 Å². The number of benzene rings is 1. The van der Waals surface area contributed by atoms with E-state index in [4.69, 9.17) is 10.4 Å². The lowest BCUT2D eigenvalue weighted by Crippen LogP contribution is -2.03. The van der Waals surface area contributed by atoms with Crippen LogP contribution in [0.2, 0.25) is 0 Å². The topological polar surface area (TPSA) is 122 Å². The Morgan fingerprint density at radius 1 is 1.55 bits per heavy atom. The molecule has 0 saturated heterocycles. The Morgan fingerprint density at radius 3 is 2.75 bits per heavy atom. The summed E-state index contributed by atoms with van der Waals surface area (Å²) in [6.07, 6.45) is 0.964. The molecule has 1 heterocycles. The molecule has 9 heteroatoms. The highest BCUT2D eigenvalue weighted by atomic mass is 79.9. The van der Waals surface area contributed by atoms with Crippen molar-refractivity contribution in [2.45, 2.75) is 0 Å². The summed E-state index contributed by atoms with van der Waals surface area (Å²) >= 11 is 3.21. The van der Waals surface area contributed by atoms with Gasteiger partial charge in [0.1, 0.15) is 12.3 Å². The Morgan fingerprint density at radius 2 is 2.25 bits per heavy atom. The van der Waals surface area contributed by atoms with E-state index in [0.29, 0.717) is 4.47 Å². The number of nitriles is 1. The predicted octanol–water partition coefficient (Wildman–Crippen LogP) is 2.11. The third-order valence-electron chi connectivity index (χ3n) is 2.42. The number of carboxylic acids is 1. The van der Waals surface area contributed by atoms with E-state index in [0.717, 1.165) is 10.9 Å². The monoisotopic (exact) mass is 336 g/mol. The van der Waals surface area contributed by atoms with Gasteiger partial charge < -0.3 is 5.11 Å². The molecule has 1 N–H and O–H groups in total. The van der Waals surface area contributed by atoms with Gasteiger partial charge in [-0.05, 0) is 18.2 Å². The molecule has 20 heavy (non-hydrogen) atoms. The molecule has 0 aliphatic rings. The number of hydrogen-bond acceptors (Lipinski definition) is 5. The summed E-state index contributed by atoms with van der Waals surface area (Å²) in [5.74, 6) is -1.51. The number of hydrogen-bond donors (Lipinski definition) is 1. The number of carbonyl (C=O) groups is 1. The summed E-state index contributed by atoms with van der Waals surface area (Å²) < 4.78 is 1.63. The largest absolute Gasteiger partial charge is 0.476 e. The second-order valence-corrected chi connectivity index (χ2v) is 4.56. The molecule has 0 radical (unpaired) electrons. The SMILES string of the molecule is N#Cc1ccc(Br)cc1-n1cc([N+](=O)[O-])c(C(=O)O)n1. The van der Waals surface area contributed by atoms with Gasteiger partial charge in [-0.25, -0.2) is 9.48 Å². The van der Waals surface area contributed by atoms with Gasteiger partial charge in [0.15, 0.2) is 0 Å². The van der Waals surface area contributed by atoms with Crippen LogP contribution >= 0.6 is 15.9 Å². The van der Waals surface area contributed by atoms with Gasteiger partial charge in [-0.15, -0.1) is 0 Å². The van der Waals surface area contributed by atoms with E-state index >= 15 is 0 Å². The zero-order valence-corrected chi connectivity index (χ0v) is 11.2. The minimum atomic E-state index is -1.51. The van der Waals surface area contributed by atoms with Crippen molar-refractivity contribution in [1.82, 2.24) is 9.78 Å². The predicted molar refractivity (Wildman–Crippen MR) is 69.6 cm³/mol. The number of rotatable bonds is 3. The average molecular weight is 337 g/mol. The van der Waals surface area contributed by atoms with Gasteiger partial charge in [0.2, 0.25) is 5.69 Å². The smallest absolute Gasteiger partial charge is 0.363 e. The van der Waals surface area contributed by atoms with E-state index in [1.807, 2.05) is 6.07 Å². The molecule has 0 saturated carbocycles. The molecule has 0 spiro atoms. The van der Waals surface area contributed by atoms with Gasteiger partial charge >= 0.3 is 11.7 Å². The normalized spacial score (nSPS) is 10.0. The fourth-order valence-corrected chi connectivity index (χ4v) is 1.91. The van der Waals surface area contributed by atoms with E-state index in [2.05, 4.69) is 21.0 Å². The first-order valence-corrected chi connectivity index (χ1v) is 5.90. The molecular weight excluding hydrogens is 332 g/mol. The molecule has 100 valence electrons. The van der Waals surface area contributed by atoms with E-state index in [1.54, 1.807) is 6.07 Å². The fourth-order valence-electron chi connectivity index (χ4n) is 1.56. The Balaban J connectivity index is 2.69. The summed E-state index contributed by atoms with van der Waals surface area (Å²) in [5.41, 5.74) is -0.861. The highest BCUT2D eigenvalue weighted by Gasteiger charge is 2.26. The van der Waals surface area contributed by atoms with Crippen LogP contribution in [0, 0.1) is 21.4 Å². The molecule has 2 aromatic rings. The zero-order valence-electron chi connectivity index (χ0n) is 9.65. The van der Waals surface area contributed by atoms with Crippen LogP contribution in [0.15, 0.2) is 28.9 Å². The lowest BCUT2D eigenvalue weighted by molar-refractivity contribution is -0.385. The molecule has 1 aromatic carbocycles. The first-order valence-electron chi connectivity index (χ1n) is 5.11. The van der Waals surface area contributed by atoms with Crippen molar-refractivity contribution < 1.29 is 14.8 Å². The number of halogens is 1. The maximum absolute atomic E-state index is 10.9. The maximum Gasteiger partial charge on any atom is 0.363 e. The molecular formula is C11H5BrN4O4. The third-order valence-corrected chi connectivity index (χ3v) is 2.91. The molecule has 0 aliphatic carbocycles. The van der Waals surface area contributed by atoms with Crippen molar-refractivity contribution in [3.05, 3.63) is 50.2 Å². The van der Waals surface area contributed by atoms with E-state index in [9.17, 15) is 14.9 Å². The minimum absolute atomic E-state index is 0.211. The highest BCUT2D eigenvalue weighted by Crippen LogP contribution is 2.24. The lowest BCUT2D eigenvalue weighted by Gasteiger charge is -2.03. The Labute approximate surface area is 120 Å². The first-order chi connectivity index (χ1) is 9.43. The van der Waals surface area contributed by atoms with Crippen molar-refractivity contribution >= 4 is 27.6 Å². The van der Waals surface area contributed by atoms with Crippen LogP contribution in [0.3, 0.4) is 0 Å². The highest BCUT2D eigenvalue weighted by molar-refractivity contribution is 9.10. The van der Waals surface area contributed by atoms with Crippen LogP contribution < -0.4 is 0 Å². The van der Waals surface area contributed by atoms with Crippen LogP contribution in [0.5, 0.6) is 0 Å². The summed E-state index contributed by atoms with van der Waals surface area (Å²) in [6, 6.07) is 6.54. The van der Waals surface area contributed by atoms with E-state index in [-0.39, 0.29) is 11.3 Å². The molecule has 0 atom stereocenters. The number of carboxylic acid groups (broad SMARTS) is 1. The van der Waals surface area contributed by atoms with Gasteiger partial charge in [0.05, 0.1) is 16.2 Å². The molecule has 0 bridgehead atoms. The van der Waals surface area contributed by atoms with E-state index < -0.39 is 22.3 Å². The van der Waals surface area contributed by atoms with Gasteiger partial charge in [-0.2, -0.15) is 10.4 Å². The molecule has 0 fully saturated rings. The Hall–Kier alpha value is -2.73. The number of nitrogens with zero attached hydrogens (tertiary/aromatic N) is 4. The van der Waals surface area contributed by atoms with Crippen molar-refractivity contribution in [3.8, 4) is 11.8 Å². The number of aromatic nitrogens is 2. The summed E-state index contributed by atoms with van der Waals surface area (Å²) in [5, 5.41) is 32.4. The standard InChI is InChI=1S/C11H5BrN4O4/c12-7-2-1-6(4-13)8(3-7)15-5-9(16(19)20)10(14-15)11(17)18/h1-3,5H,(H,17,18). The molecule has 0 amide bonds. The lowest BCUT2D eigenvalue weighted by atomic mass is 10.2. The van der Waals surface area contributed by atoms with Crippen LogP contribution in [-0.4, -0.2) is 25.8 Å². The molecule has 1 aromatic heterocycles. The third kappa shape index (κ3) is 2.36. The Kier molecular flexibility index (Phi) is 3.49. The zero-order chi connectivity index (χ0) is 14.9. The summed E-state index contributed by atoms with van der Waals surface area (Å²) in [6.45, 7) is 0. The van der Waals surface area contributed by atoms with Crippen LogP contribution in [0.4, 0.5) is 5.69 Å². The molecule has 0 aliphatic heterocycles. The van der Waals surface area contributed by atoms with Crippen LogP contribution in [-0.2, 0) is 0 Å². The molecule has 0 unspecified atom stereocenters. The minimum Gasteiger partial charge on any atom is -0.476 e.